The van der Waals surface area contributed by atoms with Crippen molar-refractivity contribution in [2.75, 3.05) is 0 Å². The Bertz CT molecular complexity index is 321. The number of alkyl halides is 13. The summed E-state index contributed by atoms with van der Waals surface area (Å²) in [6.07, 6.45) is -13.5. The van der Waals surface area contributed by atoms with Gasteiger partial charge in [0.2, 0.25) is 0 Å². The van der Waals surface area contributed by atoms with Crippen molar-refractivity contribution >= 4 is 0 Å². The third kappa shape index (κ3) is 5.30. The van der Waals surface area contributed by atoms with Crippen molar-refractivity contribution in [2.24, 2.45) is 0 Å². The van der Waals surface area contributed by atoms with E-state index in [9.17, 15) is 57.1 Å². The van der Waals surface area contributed by atoms with E-state index >= 15 is 0 Å². The maximum absolute atomic E-state index is 12.0. The average Bonchev–Trinajstić information content (AvgIpc) is 2.25. The van der Waals surface area contributed by atoms with Crippen LogP contribution in [0.4, 0.5) is 57.1 Å². The molecule has 0 amide bonds. The Balaban J connectivity index is 0. The number of hydrogen-bond donors (Lipinski definition) is 0. The van der Waals surface area contributed by atoms with E-state index in [1.54, 1.807) is 6.92 Å². The summed E-state index contributed by atoms with van der Waals surface area (Å²) in [6, 6.07) is 0. The minimum atomic E-state index is -7.66. The lowest BCUT2D eigenvalue weighted by atomic mass is 10.0. The molecule has 0 bridgehead atoms. The van der Waals surface area contributed by atoms with Gasteiger partial charge in [0.1, 0.15) is 0 Å². The van der Waals surface area contributed by atoms with Crippen molar-refractivity contribution in [1.29, 1.82) is 0 Å². The van der Waals surface area contributed by atoms with Gasteiger partial charge < -0.3 is 0 Å². The van der Waals surface area contributed by atoms with Gasteiger partial charge in [-0.3, -0.25) is 0 Å². The van der Waals surface area contributed by atoms with Gasteiger partial charge in [0.15, 0.2) is 0 Å². The van der Waals surface area contributed by atoms with E-state index in [0.29, 0.717) is 6.42 Å². The van der Waals surface area contributed by atoms with Crippen LogP contribution in [-0.2, 0) is 0 Å². The molecule has 0 saturated carbocycles. The highest BCUT2D eigenvalue weighted by atomic mass is 19.4. The van der Waals surface area contributed by atoms with Gasteiger partial charge >= 0.3 is 30.1 Å². The molecule has 1 unspecified atom stereocenters. The van der Waals surface area contributed by atoms with Crippen LogP contribution in [0.25, 0.3) is 0 Å². The molecule has 0 heterocycles. The largest absolute Gasteiger partial charge is 0.460 e. The smallest absolute Gasteiger partial charge is 0.248 e. The molecule has 0 aliphatic carbocycles. The van der Waals surface area contributed by atoms with Crippen molar-refractivity contribution in [2.45, 2.75) is 63.0 Å². The van der Waals surface area contributed by atoms with Crippen LogP contribution in [0.2, 0.25) is 0 Å². The van der Waals surface area contributed by atoms with Crippen molar-refractivity contribution in [1.82, 2.24) is 0 Å². The fourth-order valence-corrected chi connectivity index (χ4v) is 0.951. The number of halogens is 13. The molecule has 0 aliphatic heterocycles. The summed E-state index contributed by atoms with van der Waals surface area (Å²) >= 11 is 0. The Morgan fingerprint density at radius 3 is 0.957 bits per heavy atom. The molecule has 23 heavy (non-hydrogen) atoms. The van der Waals surface area contributed by atoms with Gasteiger partial charge in [-0.1, -0.05) is 13.3 Å². The Morgan fingerprint density at radius 2 is 0.870 bits per heavy atom. The van der Waals surface area contributed by atoms with Crippen LogP contribution in [0.1, 0.15) is 26.7 Å². The first-order valence-electron chi connectivity index (χ1n) is 5.68. The zero-order valence-electron chi connectivity index (χ0n) is 11.4. The molecular formula is C10H11F13. The van der Waals surface area contributed by atoms with Gasteiger partial charge in [0.05, 0.1) is 6.17 Å². The fraction of sp³-hybridized carbons (Fsp3) is 1.00. The van der Waals surface area contributed by atoms with Crippen LogP contribution in [0.3, 0.4) is 0 Å². The van der Waals surface area contributed by atoms with E-state index in [1.165, 1.54) is 0 Å². The molecule has 142 valence electrons. The highest BCUT2D eigenvalue weighted by Gasteiger charge is 2.88. The van der Waals surface area contributed by atoms with Gasteiger partial charge in [-0.15, -0.1) is 0 Å². The summed E-state index contributed by atoms with van der Waals surface area (Å²) in [5.41, 5.74) is 0. The summed E-state index contributed by atoms with van der Waals surface area (Å²) in [5, 5.41) is 0. The predicted molar refractivity (Wildman–Crippen MR) is 52.4 cm³/mol. The topological polar surface area (TPSA) is 0 Å². The van der Waals surface area contributed by atoms with Crippen LogP contribution in [-0.4, -0.2) is 36.3 Å². The van der Waals surface area contributed by atoms with Crippen molar-refractivity contribution in [3.8, 4) is 0 Å². The van der Waals surface area contributed by atoms with Gasteiger partial charge in [0.25, 0.3) is 0 Å². The number of hydrogen-bond acceptors (Lipinski definition) is 0. The van der Waals surface area contributed by atoms with Crippen LogP contribution in [0.15, 0.2) is 0 Å². The van der Waals surface area contributed by atoms with Crippen LogP contribution < -0.4 is 0 Å². The third-order valence-electron chi connectivity index (χ3n) is 2.19. The SMILES string of the molecule is CCCC(C)F.FC(F)(F)C(F)(F)C(F)(F)C(F)(F)C(F)(F)F. The van der Waals surface area contributed by atoms with E-state index in [2.05, 4.69) is 0 Å². The molecular weight excluding hydrogens is 367 g/mol. The zero-order valence-corrected chi connectivity index (χ0v) is 11.4. The maximum Gasteiger partial charge on any atom is 0.460 e. The summed E-state index contributed by atoms with van der Waals surface area (Å²) in [5.74, 6) is -22.7. The average molecular weight is 378 g/mol. The quantitative estimate of drug-likeness (QED) is 0.514. The first-order chi connectivity index (χ1) is 9.77. The fourth-order valence-electron chi connectivity index (χ4n) is 0.951. The second kappa shape index (κ2) is 7.32. The minimum absolute atomic E-state index is 0.602. The van der Waals surface area contributed by atoms with Crippen LogP contribution in [0, 0.1) is 0 Å². The summed E-state index contributed by atoms with van der Waals surface area (Å²) in [6.45, 7) is 3.57. The predicted octanol–water partition coefficient (Wildman–Crippen LogP) is 6.16. The monoisotopic (exact) mass is 378 g/mol. The molecule has 0 aromatic heterocycles. The summed E-state index contributed by atoms with van der Waals surface area (Å²) in [7, 11) is 0. The van der Waals surface area contributed by atoms with Gasteiger partial charge in [0, 0.05) is 0 Å². The maximum atomic E-state index is 12.0. The third-order valence-corrected chi connectivity index (χ3v) is 2.19. The molecule has 13 heteroatoms. The lowest BCUT2D eigenvalue weighted by molar-refractivity contribution is -0.438. The molecule has 0 spiro atoms. The molecule has 1 atom stereocenters. The second-order valence-corrected chi connectivity index (χ2v) is 4.29. The molecule has 0 aliphatic rings. The lowest BCUT2D eigenvalue weighted by Crippen LogP contribution is -2.65. The number of rotatable bonds is 4. The van der Waals surface area contributed by atoms with E-state index in [-0.39, 0.29) is 0 Å². The molecule has 0 saturated heterocycles. The highest BCUT2D eigenvalue weighted by Crippen LogP contribution is 2.57. The minimum Gasteiger partial charge on any atom is -0.248 e. The first kappa shape index (κ1) is 24.3. The molecule has 0 fully saturated rings. The Hall–Kier alpha value is -0.910. The van der Waals surface area contributed by atoms with E-state index in [1.807, 2.05) is 6.92 Å². The zero-order chi connectivity index (χ0) is 19.5. The summed E-state index contributed by atoms with van der Waals surface area (Å²) < 4.78 is 151. The van der Waals surface area contributed by atoms with E-state index in [4.69, 9.17) is 0 Å². The van der Waals surface area contributed by atoms with Gasteiger partial charge in [-0.2, -0.15) is 52.7 Å². The van der Waals surface area contributed by atoms with Gasteiger partial charge in [-0.05, 0) is 13.3 Å². The molecule has 0 rings (SSSR count). The normalized spacial score (nSPS) is 15.8. The second-order valence-electron chi connectivity index (χ2n) is 4.29. The molecule has 0 nitrogen and oxygen atoms in total. The Morgan fingerprint density at radius 1 is 0.609 bits per heavy atom. The standard InChI is InChI=1S/C5F12.C5H11F/c6-1(7,2(8,9)4(12,13)14)3(10,11)5(15,16)17;1-3-4-5(2)6/h;5H,3-4H2,1-2H3. The Labute approximate surface area is 121 Å². The van der Waals surface area contributed by atoms with Crippen LogP contribution >= 0.6 is 0 Å². The Kier molecular flexibility index (Phi) is 7.75. The lowest BCUT2D eigenvalue weighted by Gasteiger charge is -2.34. The first-order valence-corrected chi connectivity index (χ1v) is 5.68. The van der Waals surface area contributed by atoms with Crippen LogP contribution in [0.5, 0.6) is 0 Å². The highest BCUT2D eigenvalue weighted by molar-refractivity contribution is 5.03. The van der Waals surface area contributed by atoms with Crippen molar-refractivity contribution in [3.63, 3.8) is 0 Å². The summed E-state index contributed by atoms with van der Waals surface area (Å²) in [4.78, 5) is 0. The molecule has 0 aromatic carbocycles. The molecule has 0 radical (unpaired) electrons. The van der Waals surface area contributed by atoms with E-state index < -0.39 is 36.3 Å². The van der Waals surface area contributed by atoms with E-state index in [0.717, 1.165) is 6.42 Å². The van der Waals surface area contributed by atoms with Crippen molar-refractivity contribution in [3.05, 3.63) is 0 Å². The van der Waals surface area contributed by atoms with Gasteiger partial charge in [-0.25, -0.2) is 4.39 Å². The van der Waals surface area contributed by atoms with Crippen molar-refractivity contribution < 1.29 is 57.1 Å². The molecule has 0 aromatic rings. The molecule has 0 N–H and O–H groups in total.